The van der Waals surface area contributed by atoms with Gasteiger partial charge in [0.25, 0.3) is 0 Å². The van der Waals surface area contributed by atoms with E-state index in [1.807, 2.05) is 30.0 Å². The Morgan fingerprint density at radius 2 is 2.11 bits per heavy atom. The van der Waals surface area contributed by atoms with Gasteiger partial charge in [0.05, 0.1) is 19.1 Å². The molecular formula is C15H22N2O2. The maximum absolute atomic E-state index is 12.4. The van der Waals surface area contributed by atoms with Gasteiger partial charge in [-0.1, -0.05) is 30.3 Å². The van der Waals surface area contributed by atoms with Crippen LogP contribution in [0.1, 0.15) is 12.5 Å². The molecule has 0 aromatic heterocycles. The number of nitrogens with zero attached hydrogens (tertiary/aromatic N) is 1. The van der Waals surface area contributed by atoms with Gasteiger partial charge >= 0.3 is 0 Å². The molecule has 1 fully saturated rings. The molecule has 4 nitrogen and oxygen atoms in total. The Hall–Kier alpha value is -1.39. The molecular weight excluding hydrogens is 240 g/mol. The lowest BCUT2D eigenvalue weighted by Crippen LogP contribution is -2.44. The third-order valence-corrected chi connectivity index (χ3v) is 3.65. The maximum atomic E-state index is 12.4. The highest BCUT2D eigenvalue weighted by molar-refractivity contribution is 5.80. The zero-order valence-electron chi connectivity index (χ0n) is 11.4. The number of carbonyl (C=O) groups is 1. The Morgan fingerprint density at radius 1 is 1.37 bits per heavy atom. The number of nitrogens with two attached hydrogens (primary N) is 1. The molecule has 1 aliphatic rings. The molecule has 1 aromatic carbocycles. The topological polar surface area (TPSA) is 55.6 Å². The Morgan fingerprint density at radius 3 is 2.68 bits per heavy atom. The molecule has 2 unspecified atom stereocenters. The monoisotopic (exact) mass is 262 g/mol. The molecule has 19 heavy (non-hydrogen) atoms. The van der Waals surface area contributed by atoms with Gasteiger partial charge in [0, 0.05) is 19.1 Å². The molecule has 2 N–H and O–H groups in total. The van der Waals surface area contributed by atoms with Crippen LogP contribution >= 0.6 is 0 Å². The highest BCUT2D eigenvalue weighted by atomic mass is 16.5. The second-order valence-corrected chi connectivity index (χ2v) is 4.96. The molecule has 0 spiro atoms. The minimum atomic E-state index is -0.171. The van der Waals surface area contributed by atoms with Crippen molar-refractivity contribution in [3.63, 3.8) is 0 Å². The number of carbonyl (C=O) groups excluding carboxylic acids is 1. The summed E-state index contributed by atoms with van der Waals surface area (Å²) in [5.74, 6) is -0.0424. The number of likely N-dealkylation sites (N-methyl/N-ethyl adjacent to an activating group) is 1. The van der Waals surface area contributed by atoms with Crippen molar-refractivity contribution < 1.29 is 9.53 Å². The number of hydrogen-bond donors (Lipinski definition) is 1. The van der Waals surface area contributed by atoms with E-state index in [0.29, 0.717) is 13.2 Å². The predicted octanol–water partition coefficient (Wildman–Crippen LogP) is 1.05. The zero-order chi connectivity index (χ0) is 13.7. The van der Waals surface area contributed by atoms with Crippen LogP contribution in [0.5, 0.6) is 0 Å². The standard InChI is InChI=1S/C15H22N2O2/c1-2-17(9-8-12-6-4-3-5-7-12)15(18)13-10-19-11-14(13)16/h3-7,13-14H,2,8-11,16H2,1H3. The molecule has 0 aliphatic carbocycles. The molecule has 1 aliphatic heterocycles. The van der Waals surface area contributed by atoms with E-state index in [1.54, 1.807) is 0 Å². The summed E-state index contributed by atoms with van der Waals surface area (Å²) in [7, 11) is 0. The first-order valence-corrected chi connectivity index (χ1v) is 6.88. The molecule has 4 heteroatoms. The molecule has 0 bridgehead atoms. The van der Waals surface area contributed by atoms with Gasteiger partial charge in [-0.05, 0) is 18.9 Å². The van der Waals surface area contributed by atoms with Crippen molar-refractivity contribution in [2.24, 2.45) is 11.7 Å². The smallest absolute Gasteiger partial charge is 0.229 e. The number of hydrogen-bond acceptors (Lipinski definition) is 3. The van der Waals surface area contributed by atoms with Crippen LogP contribution in [0.25, 0.3) is 0 Å². The summed E-state index contributed by atoms with van der Waals surface area (Å²) in [6, 6.07) is 10.1. The first-order chi connectivity index (χ1) is 9.22. The lowest BCUT2D eigenvalue weighted by atomic mass is 10.0. The second-order valence-electron chi connectivity index (χ2n) is 4.96. The van der Waals surface area contributed by atoms with Crippen LogP contribution in [0.2, 0.25) is 0 Å². The number of amides is 1. The van der Waals surface area contributed by atoms with Crippen molar-refractivity contribution in [3.8, 4) is 0 Å². The largest absolute Gasteiger partial charge is 0.379 e. The first kappa shape index (κ1) is 14.0. The van der Waals surface area contributed by atoms with Crippen LogP contribution in [0.15, 0.2) is 30.3 Å². The Kier molecular flexibility index (Phi) is 4.93. The highest BCUT2D eigenvalue weighted by Crippen LogP contribution is 2.15. The van der Waals surface area contributed by atoms with Crippen molar-refractivity contribution >= 4 is 5.91 Å². The summed E-state index contributed by atoms with van der Waals surface area (Å²) in [5.41, 5.74) is 7.16. The van der Waals surface area contributed by atoms with Crippen molar-refractivity contribution in [2.45, 2.75) is 19.4 Å². The summed E-state index contributed by atoms with van der Waals surface area (Å²) in [6.45, 7) is 4.41. The molecule has 1 amide bonds. The molecule has 0 saturated carbocycles. The van der Waals surface area contributed by atoms with E-state index in [9.17, 15) is 4.79 Å². The quantitative estimate of drug-likeness (QED) is 0.863. The Bertz CT molecular complexity index is 408. The predicted molar refractivity (Wildman–Crippen MR) is 74.7 cm³/mol. The first-order valence-electron chi connectivity index (χ1n) is 6.88. The third kappa shape index (κ3) is 3.55. The van der Waals surface area contributed by atoms with Crippen molar-refractivity contribution in [3.05, 3.63) is 35.9 Å². The van der Waals surface area contributed by atoms with E-state index in [2.05, 4.69) is 12.1 Å². The SMILES string of the molecule is CCN(CCc1ccccc1)C(=O)C1COCC1N. The van der Waals surface area contributed by atoms with E-state index in [1.165, 1.54) is 5.56 Å². The van der Waals surface area contributed by atoms with Crippen LogP contribution < -0.4 is 5.73 Å². The maximum Gasteiger partial charge on any atom is 0.229 e. The Balaban J connectivity index is 1.91. The lowest BCUT2D eigenvalue weighted by Gasteiger charge is -2.25. The fourth-order valence-electron chi connectivity index (χ4n) is 2.39. The molecule has 2 atom stereocenters. The average molecular weight is 262 g/mol. The Labute approximate surface area is 114 Å². The summed E-state index contributed by atoms with van der Waals surface area (Å²) in [5, 5.41) is 0. The van der Waals surface area contributed by atoms with Gasteiger partial charge < -0.3 is 15.4 Å². The third-order valence-electron chi connectivity index (χ3n) is 3.65. The van der Waals surface area contributed by atoms with E-state index < -0.39 is 0 Å². The minimum Gasteiger partial charge on any atom is -0.379 e. The number of rotatable bonds is 5. The minimum absolute atomic E-state index is 0.128. The average Bonchev–Trinajstić information content (AvgIpc) is 2.86. The van der Waals surface area contributed by atoms with Crippen molar-refractivity contribution in [1.29, 1.82) is 0 Å². The summed E-state index contributed by atoms with van der Waals surface area (Å²) >= 11 is 0. The number of benzene rings is 1. The van der Waals surface area contributed by atoms with Gasteiger partial charge in [0.2, 0.25) is 5.91 Å². The fourth-order valence-corrected chi connectivity index (χ4v) is 2.39. The van der Waals surface area contributed by atoms with Gasteiger partial charge in [0.15, 0.2) is 0 Å². The summed E-state index contributed by atoms with van der Waals surface area (Å²) < 4.78 is 5.28. The summed E-state index contributed by atoms with van der Waals surface area (Å²) in [6.07, 6.45) is 0.878. The van der Waals surface area contributed by atoms with Gasteiger partial charge in [0.1, 0.15) is 0 Å². The fraction of sp³-hybridized carbons (Fsp3) is 0.533. The molecule has 2 rings (SSSR count). The van der Waals surface area contributed by atoms with E-state index in [4.69, 9.17) is 10.5 Å². The molecule has 1 saturated heterocycles. The van der Waals surface area contributed by atoms with Gasteiger partial charge in [-0.25, -0.2) is 0 Å². The van der Waals surface area contributed by atoms with Crippen molar-refractivity contribution in [1.82, 2.24) is 4.90 Å². The number of ether oxygens (including phenoxy) is 1. The molecule has 1 heterocycles. The molecule has 1 aromatic rings. The second kappa shape index (κ2) is 6.68. The normalized spacial score (nSPS) is 22.4. The van der Waals surface area contributed by atoms with Crippen LogP contribution in [-0.4, -0.2) is 43.2 Å². The van der Waals surface area contributed by atoms with Crippen LogP contribution in [0, 0.1) is 5.92 Å². The summed E-state index contributed by atoms with van der Waals surface area (Å²) in [4.78, 5) is 14.3. The van der Waals surface area contributed by atoms with Gasteiger partial charge in [-0.15, -0.1) is 0 Å². The zero-order valence-corrected chi connectivity index (χ0v) is 11.4. The van der Waals surface area contributed by atoms with Crippen LogP contribution in [-0.2, 0) is 16.0 Å². The van der Waals surface area contributed by atoms with E-state index in [-0.39, 0.29) is 17.9 Å². The van der Waals surface area contributed by atoms with Gasteiger partial charge in [-0.2, -0.15) is 0 Å². The molecule has 0 radical (unpaired) electrons. The van der Waals surface area contributed by atoms with Gasteiger partial charge in [-0.3, -0.25) is 4.79 Å². The lowest BCUT2D eigenvalue weighted by molar-refractivity contribution is -0.135. The van der Waals surface area contributed by atoms with Crippen LogP contribution in [0.3, 0.4) is 0 Å². The van der Waals surface area contributed by atoms with Crippen molar-refractivity contribution in [2.75, 3.05) is 26.3 Å². The van der Waals surface area contributed by atoms with E-state index in [0.717, 1.165) is 19.5 Å². The molecule has 104 valence electrons. The van der Waals surface area contributed by atoms with E-state index >= 15 is 0 Å². The van der Waals surface area contributed by atoms with Crippen LogP contribution in [0.4, 0.5) is 0 Å². The highest BCUT2D eigenvalue weighted by Gasteiger charge is 2.33.